The fourth-order valence-electron chi connectivity index (χ4n) is 2.24. The van der Waals surface area contributed by atoms with Crippen molar-refractivity contribution >= 4 is 11.4 Å². The van der Waals surface area contributed by atoms with Crippen LogP contribution in [0.4, 0.5) is 15.8 Å². The van der Waals surface area contributed by atoms with Crippen molar-refractivity contribution in [3.8, 4) is 0 Å². The average Bonchev–Trinajstić information content (AvgIpc) is 2.19. The van der Waals surface area contributed by atoms with Gasteiger partial charge in [0.25, 0.3) is 5.69 Å². The predicted octanol–water partition coefficient (Wildman–Crippen LogP) is 3.64. The molecule has 5 heteroatoms. The van der Waals surface area contributed by atoms with Crippen LogP contribution in [0.25, 0.3) is 0 Å². The molecule has 1 aliphatic rings. The first kappa shape index (κ1) is 12.8. The highest BCUT2D eigenvalue weighted by Gasteiger charge is 2.26. The topological polar surface area (TPSA) is 55.2 Å². The van der Waals surface area contributed by atoms with Crippen LogP contribution in [0.1, 0.15) is 31.7 Å². The summed E-state index contributed by atoms with van der Waals surface area (Å²) < 4.78 is 13.4. The molecular formula is C13H17FN2O2. The Morgan fingerprint density at radius 1 is 1.50 bits per heavy atom. The van der Waals surface area contributed by atoms with Gasteiger partial charge in [0, 0.05) is 6.04 Å². The van der Waals surface area contributed by atoms with E-state index < -0.39 is 10.7 Å². The predicted molar refractivity (Wildman–Crippen MR) is 68.2 cm³/mol. The molecule has 4 nitrogen and oxygen atoms in total. The molecule has 0 radical (unpaired) electrons. The average molecular weight is 252 g/mol. The third-order valence-electron chi connectivity index (χ3n) is 3.71. The largest absolute Gasteiger partial charge is 0.377 e. The molecule has 1 saturated carbocycles. The van der Waals surface area contributed by atoms with E-state index in [9.17, 15) is 14.5 Å². The zero-order valence-electron chi connectivity index (χ0n) is 10.6. The fourth-order valence-corrected chi connectivity index (χ4v) is 2.24. The highest BCUT2D eigenvalue weighted by Crippen LogP contribution is 2.34. The number of aryl methyl sites for hydroxylation is 1. The van der Waals surface area contributed by atoms with E-state index in [0.29, 0.717) is 17.2 Å². The molecule has 0 bridgehead atoms. The first-order valence-corrected chi connectivity index (χ1v) is 6.20. The molecule has 98 valence electrons. The molecular weight excluding hydrogens is 235 g/mol. The summed E-state index contributed by atoms with van der Waals surface area (Å²) in [6, 6.07) is 2.69. The van der Waals surface area contributed by atoms with Gasteiger partial charge in [-0.2, -0.15) is 0 Å². The summed E-state index contributed by atoms with van der Waals surface area (Å²) in [5, 5.41) is 14.1. The summed E-state index contributed by atoms with van der Waals surface area (Å²) in [5.41, 5.74) is 0.645. The summed E-state index contributed by atoms with van der Waals surface area (Å²) in [6.07, 6.45) is 3.53. The van der Waals surface area contributed by atoms with Gasteiger partial charge < -0.3 is 5.32 Å². The Labute approximate surface area is 105 Å². The van der Waals surface area contributed by atoms with Gasteiger partial charge in [0.2, 0.25) is 0 Å². The zero-order chi connectivity index (χ0) is 13.3. The van der Waals surface area contributed by atoms with E-state index in [1.807, 2.05) is 6.92 Å². The Balaban J connectivity index is 2.24. The van der Waals surface area contributed by atoms with Crippen molar-refractivity contribution in [2.24, 2.45) is 5.92 Å². The maximum Gasteiger partial charge on any atom is 0.295 e. The highest BCUT2D eigenvalue weighted by molar-refractivity contribution is 5.63. The van der Waals surface area contributed by atoms with Gasteiger partial charge in [-0.15, -0.1) is 0 Å². The lowest BCUT2D eigenvalue weighted by Crippen LogP contribution is -2.31. The van der Waals surface area contributed by atoms with Crippen LogP contribution in [0, 0.1) is 28.8 Å². The minimum Gasteiger partial charge on any atom is -0.377 e. The fraction of sp³-hybridized carbons (Fsp3) is 0.538. The van der Waals surface area contributed by atoms with Crippen LogP contribution >= 0.6 is 0 Å². The first-order chi connectivity index (χ1) is 8.49. The van der Waals surface area contributed by atoms with Crippen molar-refractivity contribution in [1.82, 2.24) is 0 Å². The summed E-state index contributed by atoms with van der Waals surface area (Å²) in [4.78, 5) is 10.4. The number of nitrogens with zero attached hydrogens (tertiary/aromatic N) is 1. The number of halogens is 1. The van der Waals surface area contributed by atoms with Crippen molar-refractivity contribution in [2.45, 2.75) is 39.2 Å². The normalized spacial score (nSPS) is 17.1. The smallest absolute Gasteiger partial charge is 0.295 e. The van der Waals surface area contributed by atoms with E-state index >= 15 is 0 Å². The molecule has 0 aliphatic heterocycles. The Kier molecular flexibility index (Phi) is 3.50. The summed E-state index contributed by atoms with van der Waals surface area (Å²) >= 11 is 0. The SMILES string of the molecule is Cc1cc(NC(C)C2CCC2)c([N+](=O)[O-])cc1F. The van der Waals surface area contributed by atoms with Gasteiger partial charge in [-0.1, -0.05) is 6.42 Å². The van der Waals surface area contributed by atoms with Crippen molar-refractivity contribution < 1.29 is 9.31 Å². The number of nitro benzene ring substituents is 1. The Bertz CT molecular complexity index is 472. The number of nitro groups is 1. The summed E-state index contributed by atoms with van der Waals surface area (Å²) in [5.74, 6) is 0.0264. The van der Waals surface area contributed by atoms with Gasteiger partial charge >= 0.3 is 0 Å². The van der Waals surface area contributed by atoms with Crippen molar-refractivity contribution in [3.05, 3.63) is 33.6 Å². The number of anilines is 1. The second-order valence-corrected chi connectivity index (χ2v) is 5.00. The second-order valence-electron chi connectivity index (χ2n) is 5.00. The van der Waals surface area contributed by atoms with Gasteiger partial charge in [0.1, 0.15) is 11.5 Å². The van der Waals surface area contributed by atoms with Crippen LogP contribution in [0.15, 0.2) is 12.1 Å². The summed E-state index contributed by atoms with van der Waals surface area (Å²) in [7, 11) is 0. The van der Waals surface area contributed by atoms with Gasteiger partial charge in [-0.25, -0.2) is 4.39 Å². The molecule has 0 spiro atoms. The van der Waals surface area contributed by atoms with E-state index in [1.54, 1.807) is 6.92 Å². The lowest BCUT2D eigenvalue weighted by molar-refractivity contribution is -0.384. The van der Waals surface area contributed by atoms with Crippen LogP contribution < -0.4 is 5.32 Å². The molecule has 18 heavy (non-hydrogen) atoms. The van der Waals surface area contributed by atoms with Gasteiger partial charge in [0.05, 0.1) is 11.0 Å². The molecule has 1 atom stereocenters. The summed E-state index contributed by atoms with van der Waals surface area (Å²) in [6.45, 7) is 3.63. The number of hydrogen-bond acceptors (Lipinski definition) is 3. The third-order valence-corrected chi connectivity index (χ3v) is 3.71. The van der Waals surface area contributed by atoms with Gasteiger partial charge in [-0.3, -0.25) is 10.1 Å². The van der Waals surface area contributed by atoms with Crippen molar-refractivity contribution in [3.63, 3.8) is 0 Å². The molecule has 1 aromatic rings. The lowest BCUT2D eigenvalue weighted by Gasteiger charge is -2.32. The van der Waals surface area contributed by atoms with Crippen LogP contribution in [0.2, 0.25) is 0 Å². The molecule has 1 aliphatic carbocycles. The molecule has 0 aromatic heterocycles. The third kappa shape index (κ3) is 2.44. The molecule has 1 fully saturated rings. The zero-order valence-corrected chi connectivity index (χ0v) is 10.6. The molecule has 1 aromatic carbocycles. The monoisotopic (exact) mass is 252 g/mol. The molecule has 1 unspecified atom stereocenters. The number of hydrogen-bond donors (Lipinski definition) is 1. The Morgan fingerprint density at radius 2 is 2.17 bits per heavy atom. The van der Waals surface area contributed by atoms with Crippen LogP contribution in [-0.2, 0) is 0 Å². The highest BCUT2D eigenvalue weighted by atomic mass is 19.1. The van der Waals surface area contributed by atoms with Crippen LogP contribution in [-0.4, -0.2) is 11.0 Å². The molecule has 0 saturated heterocycles. The molecule has 2 rings (SSSR count). The van der Waals surface area contributed by atoms with Crippen LogP contribution in [0.5, 0.6) is 0 Å². The number of nitrogens with one attached hydrogen (secondary N) is 1. The van der Waals surface area contributed by atoms with E-state index in [1.165, 1.54) is 12.5 Å². The second kappa shape index (κ2) is 4.92. The Morgan fingerprint density at radius 3 is 2.67 bits per heavy atom. The molecule has 1 N–H and O–H groups in total. The van der Waals surface area contributed by atoms with Crippen LogP contribution in [0.3, 0.4) is 0 Å². The van der Waals surface area contributed by atoms with E-state index in [4.69, 9.17) is 0 Å². The number of rotatable bonds is 4. The Hall–Kier alpha value is -1.65. The van der Waals surface area contributed by atoms with E-state index in [0.717, 1.165) is 18.9 Å². The standard InChI is InChI=1S/C13H17FN2O2/c1-8-6-12(13(16(17)18)7-11(8)14)15-9(2)10-4-3-5-10/h6-7,9-10,15H,3-5H2,1-2H3. The van der Waals surface area contributed by atoms with E-state index in [2.05, 4.69) is 5.32 Å². The minimum absolute atomic E-state index is 0.183. The minimum atomic E-state index is -0.543. The quantitative estimate of drug-likeness (QED) is 0.657. The van der Waals surface area contributed by atoms with Crippen molar-refractivity contribution in [2.75, 3.05) is 5.32 Å². The van der Waals surface area contributed by atoms with Gasteiger partial charge in [-0.05, 0) is 44.2 Å². The maximum atomic E-state index is 13.4. The molecule has 0 amide bonds. The molecule has 0 heterocycles. The number of benzene rings is 1. The van der Waals surface area contributed by atoms with Gasteiger partial charge in [0.15, 0.2) is 0 Å². The lowest BCUT2D eigenvalue weighted by atomic mass is 9.80. The van der Waals surface area contributed by atoms with Crippen molar-refractivity contribution in [1.29, 1.82) is 0 Å². The maximum absolute atomic E-state index is 13.4. The van der Waals surface area contributed by atoms with E-state index in [-0.39, 0.29) is 11.7 Å². The first-order valence-electron chi connectivity index (χ1n) is 6.20.